The molecule has 0 saturated carbocycles. The first-order valence-corrected chi connectivity index (χ1v) is 21.7. The van der Waals surface area contributed by atoms with Gasteiger partial charge in [-0.05, 0) is 43.2 Å². The molecule has 1 atom stereocenters. The van der Waals surface area contributed by atoms with Crippen LogP contribution in [0.5, 0.6) is 0 Å². The predicted molar refractivity (Wildman–Crippen MR) is 179 cm³/mol. The molecule has 0 saturated heterocycles. The molecule has 2 aromatic rings. The third-order valence-corrected chi connectivity index (χ3v) is 3.95. The molecule has 0 aromatic heterocycles. The van der Waals surface area contributed by atoms with Crippen molar-refractivity contribution in [3.63, 3.8) is 0 Å². The lowest BCUT2D eigenvalue weighted by Gasteiger charge is -2.15. The van der Waals surface area contributed by atoms with Gasteiger partial charge >= 0.3 is 47.4 Å². The fraction of sp³-hybridized carbons (Fsp3) is 0.333. The molecule has 0 spiro atoms. The molecule has 32 heteroatoms. The third kappa shape index (κ3) is 89.1. The lowest BCUT2D eigenvalue weighted by Crippen LogP contribution is -2.21. The number of rotatable bonds is 5. The van der Waals surface area contributed by atoms with Crippen LogP contribution in [0.4, 0.5) is 25.2 Å². The Morgan fingerprint density at radius 1 is 0.660 bits per heavy atom. The first-order valence-electron chi connectivity index (χ1n) is 12.6. The number of hydrogen-bond donors (Lipinski definition) is 14. The zero-order chi connectivity index (χ0) is 43.7. The molecular weight excluding hydrogens is 868 g/mol. The summed E-state index contributed by atoms with van der Waals surface area (Å²) in [6, 6.07) is 15.2. The van der Waals surface area contributed by atoms with Crippen LogP contribution < -0.4 is 11.1 Å². The molecule has 20 nitrogen and oxygen atoms in total. The van der Waals surface area contributed by atoms with Crippen LogP contribution in [0.25, 0.3) is 10.8 Å². The summed E-state index contributed by atoms with van der Waals surface area (Å²) in [7, 11) is -30.8. The second kappa shape index (κ2) is 27.9. The zero-order valence-corrected chi connectivity index (χ0v) is 32.4. The molecule has 0 aliphatic carbocycles. The van der Waals surface area contributed by atoms with E-state index < -0.39 is 47.4 Å². The van der Waals surface area contributed by atoms with Gasteiger partial charge in [0.05, 0.1) is 0 Å². The number of nitrogens with one attached hydrogen (secondary N) is 1. The number of fused-ring (bicyclic) bond motifs is 1. The second-order valence-corrected chi connectivity index (χ2v) is 15.0. The molecule has 0 bridgehead atoms. The van der Waals surface area contributed by atoms with Crippen LogP contribution in [-0.2, 0) is 27.4 Å². The minimum absolute atomic E-state index is 0.117. The van der Waals surface area contributed by atoms with Crippen molar-refractivity contribution in [3.05, 3.63) is 60.2 Å². The van der Waals surface area contributed by atoms with Gasteiger partial charge in [-0.1, -0.05) is 60.4 Å². The van der Waals surface area contributed by atoms with E-state index in [1.54, 1.807) is 0 Å². The Kier molecular flexibility index (Phi) is 31.9. The van der Waals surface area contributed by atoms with Crippen LogP contribution in [0.3, 0.4) is 0 Å². The summed E-state index contributed by atoms with van der Waals surface area (Å²) in [6.45, 7) is 7.66. The molecule has 0 aliphatic heterocycles. The van der Waals surface area contributed by atoms with Gasteiger partial charge in [-0.15, -0.1) is 25.2 Å². The summed E-state index contributed by atoms with van der Waals surface area (Å²) in [5.74, 6) is 6.23. The average molecular weight is 906 g/mol. The Hall–Kier alpha value is -1.60. The van der Waals surface area contributed by atoms with Crippen molar-refractivity contribution in [3.8, 4) is 11.8 Å². The van der Waals surface area contributed by atoms with Gasteiger partial charge in [0, 0.05) is 24.5 Å². The number of hydrogen-bond acceptors (Lipinski definition) is 8. The van der Waals surface area contributed by atoms with E-state index in [-0.39, 0.29) is 5.41 Å². The molecule has 0 fully saturated rings. The Bertz CT molecular complexity index is 1500. The van der Waals surface area contributed by atoms with E-state index in [0.29, 0.717) is 12.6 Å². The summed E-state index contributed by atoms with van der Waals surface area (Å²) in [4.78, 5) is 83.6. The predicted octanol–water partition coefficient (Wildman–Crippen LogP) is 4.33. The van der Waals surface area contributed by atoms with Gasteiger partial charge in [-0.25, -0.2) is 27.4 Å². The summed E-state index contributed by atoms with van der Waals surface area (Å²) in [5, 5.41) is 6.11. The van der Waals surface area contributed by atoms with Gasteiger partial charge in [-0.2, -0.15) is 0 Å². The molecule has 0 amide bonds. The van der Waals surface area contributed by atoms with E-state index in [2.05, 4.69) is 86.5 Å². The molecular formula is C21H38F6N2O18P6. The van der Waals surface area contributed by atoms with Gasteiger partial charge in [0.15, 0.2) is 0 Å². The average Bonchev–Trinajstić information content (AvgIpc) is 2.84. The van der Waals surface area contributed by atoms with Crippen molar-refractivity contribution in [2.75, 3.05) is 13.1 Å². The number of allylic oxidation sites excluding steroid dienone is 1. The van der Waals surface area contributed by atoms with Crippen molar-refractivity contribution in [2.45, 2.75) is 26.8 Å². The van der Waals surface area contributed by atoms with Crippen LogP contribution in [0, 0.1) is 17.3 Å². The smallest absolute Gasteiger partial charge is 0.329 e. The van der Waals surface area contributed by atoms with E-state index in [0.717, 1.165) is 6.54 Å². The van der Waals surface area contributed by atoms with Crippen LogP contribution >= 0.6 is 47.4 Å². The summed E-state index contributed by atoms with van der Waals surface area (Å²) in [6.07, 6.45) is 3.96. The van der Waals surface area contributed by atoms with Gasteiger partial charge < -0.3 is 11.1 Å². The molecule has 2 rings (SSSR count). The Morgan fingerprint density at radius 2 is 0.981 bits per heavy atom. The second-order valence-electron chi connectivity index (χ2n) is 9.30. The molecule has 1 unspecified atom stereocenters. The highest BCUT2D eigenvalue weighted by Crippen LogP contribution is 2.37. The van der Waals surface area contributed by atoms with E-state index in [4.69, 9.17) is 91.8 Å². The molecule has 53 heavy (non-hydrogen) atoms. The lowest BCUT2D eigenvalue weighted by atomic mass is 9.95. The molecule has 0 radical (unpaired) electrons. The minimum atomic E-state index is -5.14. The van der Waals surface area contributed by atoms with E-state index in [1.807, 2.05) is 6.08 Å². The Balaban J connectivity index is -0.000000208. The molecule has 2 aromatic carbocycles. The standard InChI is InChI=1S/C21H26N2.6FH2O3P/c1-17(23-15-8-4-7-14-21(2,3)16-22)19-13-9-11-18-10-5-6-12-20(18)19;6*1-5(2,3)4/h4-6,8-13,17,23H,15-16,22H2,1-3H3;6*(H2,2,3,4). The highest BCUT2D eigenvalue weighted by atomic mass is 31.2. The van der Waals surface area contributed by atoms with Crippen molar-refractivity contribution < 1.29 is 111 Å². The monoisotopic (exact) mass is 906 g/mol. The first kappa shape index (κ1) is 60.6. The van der Waals surface area contributed by atoms with Crippen molar-refractivity contribution in [1.29, 1.82) is 0 Å². The third-order valence-electron chi connectivity index (χ3n) is 3.95. The fourth-order valence-electron chi connectivity index (χ4n) is 2.39. The maximum absolute atomic E-state index is 10.4. The lowest BCUT2D eigenvalue weighted by molar-refractivity contribution is 0.320. The highest BCUT2D eigenvalue weighted by Gasteiger charge is 2.10. The topological polar surface area (TPSA) is 383 Å². The number of halogens is 6. The van der Waals surface area contributed by atoms with Crippen LogP contribution in [0.15, 0.2) is 54.6 Å². The molecule has 312 valence electrons. The quantitative estimate of drug-likeness (QED) is 0.113. The van der Waals surface area contributed by atoms with Gasteiger partial charge in [0.1, 0.15) is 0 Å². The van der Waals surface area contributed by atoms with Crippen molar-refractivity contribution in [2.24, 2.45) is 11.1 Å². The first-order chi connectivity index (χ1) is 23.0. The van der Waals surface area contributed by atoms with Gasteiger partial charge in [0.25, 0.3) is 0 Å². The number of benzene rings is 2. The van der Waals surface area contributed by atoms with Crippen LogP contribution in [-0.4, -0.2) is 71.8 Å². The van der Waals surface area contributed by atoms with Gasteiger partial charge in [-0.3, -0.25) is 58.7 Å². The van der Waals surface area contributed by atoms with Crippen molar-refractivity contribution in [1.82, 2.24) is 5.32 Å². The van der Waals surface area contributed by atoms with Gasteiger partial charge in [0.2, 0.25) is 0 Å². The largest absolute Gasteiger partial charge is 0.507 e. The fourth-order valence-corrected chi connectivity index (χ4v) is 2.39. The maximum atomic E-state index is 10.4. The zero-order valence-electron chi connectivity index (χ0n) is 27.0. The van der Waals surface area contributed by atoms with E-state index >= 15 is 0 Å². The summed E-state index contributed by atoms with van der Waals surface area (Å²) >= 11 is 0. The van der Waals surface area contributed by atoms with Crippen molar-refractivity contribution >= 4 is 58.2 Å². The van der Waals surface area contributed by atoms with E-state index in [1.165, 1.54) is 16.3 Å². The van der Waals surface area contributed by atoms with Crippen LogP contribution in [0.1, 0.15) is 32.4 Å². The maximum Gasteiger partial charge on any atom is 0.507 e. The minimum Gasteiger partial charge on any atom is -0.329 e. The summed E-state index contributed by atoms with van der Waals surface area (Å²) < 4.78 is 114. The normalized spacial score (nSPS) is 12.3. The summed E-state index contributed by atoms with van der Waals surface area (Å²) in [5.41, 5.74) is 6.87. The molecule has 15 N–H and O–H groups in total. The van der Waals surface area contributed by atoms with E-state index in [9.17, 15) is 25.2 Å². The van der Waals surface area contributed by atoms with Crippen LogP contribution in [0.2, 0.25) is 0 Å². The highest BCUT2D eigenvalue weighted by molar-refractivity contribution is 7.46. The SMILES string of the molecule is CC(NCC=CC#CC(C)(C)CN)c1cccc2ccccc12.O=P(O)(O)F.O=P(O)(O)F.O=P(O)(O)F.O=P(O)(O)F.O=P(O)(O)F.O=P(O)(O)F. The Labute approximate surface area is 297 Å². The Morgan fingerprint density at radius 3 is 1.32 bits per heavy atom. The molecule has 0 heterocycles. The number of nitrogens with two attached hydrogens (primary N) is 1. The molecule has 0 aliphatic rings.